The van der Waals surface area contributed by atoms with E-state index in [9.17, 15) is 14.4 Å². The molecule has 0 aromatic heterocycles. The third-order valence-corrected chi connectivity index (χ3v) is 4.67. The molecule has 6 nitrogen and oxygen atoms in total. The van der Waals surface area contributed by atoms with Gasteiger partial charge < -0.3 is 10.1 Å². The van der Waals surface area contributed by atoms with Crippen LogP contribution in [0.4, 0.5) is 4.79 Å². The highest BCUT2D eigenvalue weighted by atomic mass is 35.5. The van der Waals surface area contributed by atoms with E-state index < -0.39 is 24.5 Å². The molecule has 0 heterocycles. The summed E-state index contributed by atoms with van der Waals surface area (Å²) < 4.78 is 4.82. The highest BCUT2D eigenvalue weighted by Crippen LogP contribution is 2.23. The fraction of sp³-hybridized carbons (Fsp3) is 0.421. The van der Waals surface area contributed by atoms with Crippen molar-refractivity contribution < 1.29 is 19.1 Å². The second-order valence-corrected chi connectivity index (χ2v) is 6.76. The summed E-state index contributed by atoms with van der Waals surface area (Å²) in [4.78, 5) is 35.2. The zero-order valence-corrected chi connectivity index (χ0v) is 15.4. The lowest BCUT2D eigenvalue weighted by Crippen LogP contribution is -2.48. The molecule has 1 aliphatic carbocycles. The van der Waals surface area contributed by atoms with Gasteiger partial charge in [0, 0.05) is 17.1 Å². The Morgan fingerprint density at radius 3 is 2.69 bits per heavy atom. The number of ether oxygens (including phenoxy) is 1. The highest BCUT2D eigenvalue weighted by Gasteiger charge is 2.23. The summed E-state index contributed by atoms with van der Waals surface area (Å²) in [5, 5.41) is 5.48. The minimum absolute atomic E-state index is 0.0673. The number of imide groups is 1. The minimum Gasteiger partial charge on any atom is -0.452 e. The Kier molecular flexibility index (Phi) is 7.66. The van der Waals surface area contributed by atoms with Gasteiger partial charge in [-0.15, -0.1) is 0 Å². The third-order valence-electron chi connectivity index (χ3n) is 4.33. The Morgan fingerprint density at radius 2 is 1.96 bits per heavy atom. The second kappa shape index (κ2) is 9.97. The summed E-state index contributed by atoms with van der Waals surface area (Å²) in [6.07, 6.45) is 6.88. The zero-order chi connectivity index (χ0) is 18.9. The van der Waals surface area contributed by atoms with Crippen LogP contribution in [0.3, 0.4) is 0 Å². The molecule has 2 N–H and O–H groups in total. The number of hydrogen-bond acceptors (Lipinski definition) is 4. The van der Waals surface area contributed by atoms with Crippen LogP contribution in [-0.4, -0.2) is 30.6 Å². The van der Waals surface area contributed by atoms with Crippen LogP contribution in [0.1, 0.15) is 38.2 Å². The van der Waals surface area contributed by atoms with Crippen LogP contribution in [0.25, 0.3) is 6.08 Å². The maximum atomic E-state index is 11.8. The standard InChI is InChI=1S/C19H23ClN2O4/c1-13-6-2-5-9-16(13)21-19(25)22-17(23)12-26-18(24)11-10-14-7-3-4-8-15(14)20/h3-4,7-8,10-11,13,16H,2,5-6,9,12H2,1H3,(H2,21,22,23,25)/b11-10+/t13-,16-/m0/s1. The maximum absolute atomic E-state index is 11.8. The van der Waals surface area contributed by atoms with Crippen molar-refractivity contribution >= 4 is 35.6 Å². The van der Waals surface area contributed by atoms with Crippen molar-refractivity contribution in [3.63, 3.8) is 0 Å². The Labute approximate surface area is 157 Å². The first-order valence-electron chi connectivity index (χ1n) is 8.65. The van der Waals surface area contributed by atoms with Gasteiger partial charge in [-0.2, -0.15) is 0 Å². The zero-order valence-electron chi connectivity index (χ0n) is 14.7. The molecule has 1 saturated carbocycles. The first-order valence-corrected chi connectivity index (χ1v) is 9.03. The number of hydrogen-bond donors (Lipinski definition) is 2. The summed E-state index contributed by atoms with van der Waals surface area (Å²) in [6, 6.07) is 6.52. The van der Waals surface area contributed by atoms with E-state index in [0.717, 1.165) is 25.7 Å². The summed E-state index contributed by atoms with van der Waals surface area (Å²) in [5.74, 6) is -0.982. The average molecular weight is 379 g/mol. The monoisotopic (exact) mass is 378 g/mol. The molecule has 2 rings (SSSR count). The molecule has 0 saturated heterocycles. The van der Waals surface area contributed by atoms with Gasteiger partial charge in [-0.1, -0.05) is 49.6 Å². The van der Waals surface area contributed by atoms with Gasteiger partial charge in [-0.25, -0.2) is 9.59 Å². The molecule has 1 aromatic carbocycles. The molecule has 0 bridgehead atoms. The maximum Gasteiger partial charge on any atom is 0.331 e. The van der Waals surface area contributed by atoms with Crippen LogP contribution in [0.2, 0.25) is 5.02 Å². The second-order valence-electron chi connectivity index (χ2n) is 6.35. The van der Waals surface area contributed by atoms with Gasteiger partial charge in [0.1, 0.15) is 0 Å². The van der Waals surface area contributed by atoms with E-state index in [1.807, 2.05) is 0 Å². The van der Waals surface area contributed by atoms with E-state index >= 15 is 0 Å². The molecule has 3 amide bonds. The molecule has 0 spiro atoms. The fourth-order valence-corrected chi connectivity index (χ4v) is 3.05. The van der Waals surface area contributed by atoms with Crippen LogP contribution < -0.4 is 10.6 Å². The lowest BCUT2D eigenvalue weighted by molar-refractivity contribution is -0.143. The number of rotatable bonds is 5. The summed E-state index contributed by atoms with van der Waals surface area (Å²) in [7, 11) is 0. The lowest BCUT2D eigenvalue weighted by atomic mass is 9.86. The number of urea groups is 1. The quantitative estimate of drug-likeness (QED) is 0.608. The molecule has 26 heavy (non-hydrogen) atoms. The number of esters is 1. The Hall–Kier alpha value is -2.34. The van der Waals surface area contributed by atoms with E-state index in [4.69, 9.17) is 16.3 Å². The molecule has 1 fully saturated rings. The molecule has 0 aliphatic heterocycles. The van der Waals surface area contributed by atoms with Crippen LogP contribution in [-0.2, 0) is 14.3 Å². The predicted molar refractivity (Wildman–Crippen MR) is 99.5 cm³/mol. The summed E-state index contributed by atoms with van der Waals surface area (Å²) in [6.45, 7) is 1.55. The van der Waals surface area contributed by atoms with E-state index in [1.54, 1.807) is 24.3 Å². The number of carbonyl (C=O) groups is 3. The predicted octanol–water partition coefficient (Wildman–Crippen LogP) is 3.30. The van der Waals surface area contributed by atoms with E-state index in [1.165, 1.54) is 12.2 Å². The highest BCUT2D eigenvalue weighted by molar-refractivity contribution is 6.32. The molecule has 140 valence electrons. The van der Waals surface area contributed by atoms with E-state index in [2.05, 4.69) is 17.6 Å². The number of nitrogens with one attached hydrogen (secondary N) is 2. The number of carbonyl (C=O) groups excluding carboxylic acids is 3. The van der Waals surface area contributed by atoms with E-state index in [-0.39, 0.29) is 6.04 Å². The van der Waals surface area contributed by atoms with Crippen molar-refractivity contribution in [2.45, 2.75) is 38.6 Å². The van der Waals surface area contributed by atoms with E-state index in [0.29, 0.717) is 16.5 Å². The van der Waals surface area contributed by atoms with Crippen molar-refractivity contribution in [2.75, 3.05) is 6.61 Å². The normalized spacial score (nSPS) is 19.8. The Bertz CT molecular complexity index is 690. The molecular formula is C19H23ClN2O4. The molecule has 0 unspecified atom stereocenters. The van der Waals surface area contributed by atoms with Gasteiger partial charge in [0.05, 0.1) is 0 Å². The minimum atomic E-state index is -0.693. The van der Waals surface area contributed by atoms with Crippen LogP contribution >= 0.6 is 11.6 Å². The van der Waals surface area contributed by atoms with Crippen LogP contribution in [0.5, 0.6) is 0 Å². The molecule has 2 atom stereocenters. The van der Waals surface area contributed by atoms with Gasteiger partial charge in [-0.3, -0.25) is 10.1 Å². The molecule has 7 heteroatoms. The van der Waals surface area contributed by atoms with Crippen molar-refractivity contribution in [1.29, 1.82) is 0 Å². The largest absolute Gasteiger partial charge is 0.452 e. The lowest BCUT2D eigenvalue weighted by Gasteiger charge is -2.29. The van der Waals surface area contributed by atoms with Gasteiger partial charge >= 0.3 is 12.0 Å². The van der Waals surface area contributed by atoms with Crippen molar-refractivity contribution in [3.8, 4) is 0 Å². The van der Waals surface area contributed by atoms with Gasteiger partial charge in [0.2, 0.25) is 0 Å². The Morgan fingerprint density at radius 1 is 1.23 bits per heavy atom. The average Bonchev–Trinajstić information content (AvgIpc) is 2.61. The SMILES string of the molecule is C[C@H]1CCCC[C@@H]1NC(=O)NC(=O)COC(=O)/C=C/c1ccccc1Cl. The number of benzene rings is 1. The molecule has 1 aliphatic rings. The third kappa shape index (κ3) is 6.52. The van der Waals surface area contributed by atoms with Gasteiger partial charge in [0.15, 0.2) is 6.61 Å². The molecular weight excluding hydrogens is 356 g/mol. The smallest absolute Gasteiger partial charge is 0.331 e. The summed E-state index contributed by atoms with van der Waals surface area (Å²) >= 11 is 5.97. The van der Waals surface area contributed by atoms with Gasteiger partial charge in [0.25, 0.3) is 5.91 Å². The van der Waals surface area contributed by atoms with Crippen LogP contribution in [0, 0.1) is 5.92 Å². The van der Waals surface area contributed by atoms with Crippen molar-refractivity contribution in [3.05, 3.63) is 40.9 Å². The summed E-state index contributed by atoms with van der Waals surface area (Å²) in [5.41, 5.74) is 0.663. The first-order chi connectivity index (χ1) is 12.5. The van der Waals surface area contributed by atoms with Crippen molar-refractivity contribution in [1.82, 2.24) is 10.6 Å². The fourth-order valence-electron chi connectivity index (χ4n) is 2.85. The molecule has 0 radical (unpaired) electrons. The van der Waals surface area contributed by atoms with Crippen LogP contribution in [0.15, 0.2) is 30.3 Å². The first kappa shape index (κ1) is 20.0. The molecule has 1 aromatic rings. The Balaban J connectivity index is 1.71. The number of halogens is 1. The van der Waals surface area contributed by atoms with Gasteiger partial charge in [-0.05, 0) is 36.5 Å². The number of amides is 3. The topological polar surface area (TPSA) is 84.5 Å². The van der Waals surface area contributed by atoms with Crippen molar-refractivity contribution in [2.24, 2.45) is 5.92 Å².